The number of hydrogen-bond acceptors (Lipinski definition) is 5. The number of carbonyl (C=O) groups is 1. The first-order valence-corrected chi connectivity index (χ1v) is 11.5. The minimum atomic E-state index is -1.30. The Balaban J connectivity index is 1.05. The number of amides is 1. The number of carbonyl (C=O) groups excluding carboxylic acids is 1. The molecule has 6 rings (SSSR count). The van der Waals surface area contributed by atoms with Gasteiger partial charge in [-0.3, -0.25) is 14.4 Å². The van der Waals surface area contributed by atoms with E-state index in [1.807, 2.05) is 29.3 Å². The number of fused-ring (bicyclic) bond motifs is 1. The quantitative estimate of drug-likeness (QED) is 0.452. The van der Waals surface area contributed by atoms with Crippen molar-refractivity contribution in [1.82, 2.24) is 34.5 Å². The summed E-state index contributed by atoms with van der Waals surface area (Å²) in [5, 5.41) is 5.50. The maximum atomic E-state index is 14.0. The number of benzene rings is 1. The third kappa shape index (κ3) is 3.85. The van der Waals surface area contributed by atoms with Crippen molar-refractivity contribution in [2.45, 2.75) is 24.9 Å². The van der Waals surface area contributed by atoms with Gasteiger partial charge < -0.3 is 9.88 Å². The zero-order valence-corrected chi connectivity index (χ0v) is 18.7. The Hall–Kier alpha value is -3.73. The van der Waals surface area contributed by atoms with E-state index in [4.69, 9.17) is 0 Å². The lowest BCUT2D eigenvalue weighted by Crippen LogP contribution is -2.56. The molecule has 0 saturated carbocycles. The Labute approximate surface area is 198 Å². The fourth-order valence-corrected chi connectivity index (χ4v) is 5.01. The Kier molecular flexibility index (Phi) is 5.28. The van der Waals surface area contributed by atoms with Gasteiger partial charge in [0.05, 0.1) is 23.5 Å². The van der Waals surface area contributed by atoms with Gasteiger partial charge >= 0.3 is 0 Å². The van der Waals surface area contributed by atoms with Crippen LogP contribution in [0.15, 0.2) is 43.1 Å². The van der Waals surface area contributed by atoms with E-state index in [-0.39, 0.29) is 6.04 Å². The Morgan fingerprint density at radius 2 is 1.77 bits per heavy atom. The van der Waals surface area contributed by atoms with Crippen molar-refractivity contribution in [1.29, 1.82) is 0 Å². The van der Waals surface area contributed by atoms with E-state index in [1.165, 1.54) is 11.2 Å². The third-order valence-electron chi connectivity index (χ3n) is 7.00. The highest BCUT2D eigenvalue weighted by Gasteiger charge is 2.36. The second kappa shape index (κ2) is 8.49. The molecule has 4 aromatic rings. The summed E-state index contributed by atoms with van der Waals surface area (Å²) in [4.78, 5) is 28.2. The smallest absolute Gasteiger partial charge is 0.256 e. The number of hydrogen-bond donors (Lipinski definition) is 1. The highest BCUT2D eigenvalue weighted by atomic mass is 19.2. The van der Waals surface area contributed by atoms with Gasteiger partial charge in [-0.1, -0.05) is 0 Å². The van der Waals surface area contributed by atoms with Crippen molar-refractivity contribution in [3.05, 3.63) is 66.1 Å². The number of nitrogens with zero attached hydrogens (tertiary/aromatic N) is 6. The van der Waals surface area contributed by atoms with Crippen molar-refractivity contribution in [2.24, 2.45) is 0 Å². The summed E-state index contributed by atoms with van der Waals surface area (Å²) >= 11 is 0. The molecule has 0 aliphatic carbocycles. The molecule has 35 heavy (non-hydrogen) atoms. The Bertz CT molecular complexity index is 1400. The van der Waals surface area contributed by atoms with Gasteiger partial charge in [-0.25, -0.2) is 23.1 Å². The van der Waals surface area contributed by atoms with Crippen LogP contribution in [-0.2, 0) is 0 Å². The van der Waals surface area contributed by atoms with Crippen LogP contribution in [0.2, 0.25) is 0 Å². The van der Waals surface area contributed by atoms with Gasteiger partial charge in [-0.2, -0.15) is 5.10 Å². The first-order valence-electron chi connectivity index (χ1n) is 11.5. The largest absolute Gasteiger partial charge is 0.346 e. The molecule has 1 amide bonds. The van der Waals surface area contributed by atoms with Crippen molar-refractivity contribution in [3.8, 4) is 11.3 Å². The van der Waals surface area contributed by atoms with E-state index in [9.17, 15) is 18.0 Å². The molecule has 2 saturated heterocycles. The maximum Gasteiger partial charge on any atom is 0.256 e. The number of likely N-dealkylation sites (tertiary alicyclic amines) is 2. The van der Waals surface area contributed by atoms with Crippen LogP contribution in [0.25, 0.3) is 22.3 Å². The highest BCUT2D eigenvalue weighted by molar-refractivity contribution is 5.94. The van der Waals surface area contributed by atoms with E-state index >= 15 is 0 Å². The van der Waals surface area contributed by atoms with E-state index in [0.29, 0.717) is 31.3 Å². The van der Waals surface area contributed by atoms with E-state index in [0.717, 1.165) is 48.2 Å². The average molecular weight is 481 g/mol. The summed E-state index contributed by atoms with van der Waals surface area (Å²) in [7, 11) is 0. The Morgan fingerprint density at radius 1 is 1.00 bits per heavy atom. The molecule has 3 aromatic heterocycles. The van der Waals surface area contributed by atoms with Crippen LogP contribution in [0.3, 0.4) is 0 Å². The summed E-state index contributed by atoms with van der Waals surface area (Å²) in [5.74, 6) is -4.18. The van der Waals surface area contributed by atoms with E-state index in [1.54, 1.807) is 0 Å². The maximum absolute atomic E-state index is 14.0. The van der Waals surface area contributed by atoms with Crippen LogP contribution in [-0.4, -0.2) is 72.7 Å². The van der Waals surface area contributed by atoms with Gasteiger partial charge in [0.2, 0.25) is 0 Å². The second-order valence-corrected chi connectivity index (χ2v) is 9.05. The molecule has 2 aliphatic heterocycles. The van der Waals surface area contributed by atoms with Crippen LogP contribution in [0.5, 0.6) is 0 Å². The molecular weight excluding hydrogens is 459 g/mol. The summed E-state index contributed by atoms with van der Waals surface area (Å²) < 4.78 is 42.7. The minimum Gasteiger partial charge on any atom is -0.346 e. The topological polar surface area (TPSA) is 82.9 Å². The Morgan fingerprint density at radius 3 is 2.57 bits per heavy atom. The predicted molar refractivity (Wildman–Crippen MR) is 121 cm³/mol. The molecule has 8 nitrogen and oxygen atoms in total. The SMILES string of the molecule is O=C(c1cc(F)c(F)cc1F)N1CCC(N2CC(n3cc(-c4ncnc5[nH]ccc45)cn3)C2)CC1. The lowest BCUT2D eigenvalue weighted by molar-refractivity contribution is 0.0196. The summed E-state index contributed by atoms with van der Waals surface area (Å²) in [6.07, 6.45) is 8.67. The molecule has 0 radical (unpaired) electrons. The highest BCUT2D eigenvalue weighted by Crippen LogP contribution is 2.31. The lowest BCUT2D eigenvalue weighted by atomic mass is 9.97. The van der Waals surface area contributed by atoms with Crippen molar-refractivity contribution in [3.63, 3.8) is 0 Å². The molecule has 0 bridgehead atoms. The lowest BCUT2D eigenvalue weighted by Gasteiger charge is -2.47. The van der Waals surface area contributed by atoms with Gasteiger partial charge in [0.15, 0.2) is 11.6 Å². The minimum absolute atomic E-state index is 0.253. The number of aromatic amines is 1. The van der Waals surface area contributed by atoms with Gasteiger partial charge in [0.25, 0.3) is 5.91 Å². The molecule has 11 heteroatoms. The summed E-state index contributed by atoms with van der Waals surface area (Å²) in [5.41, 5.74) is 2.14. The van der Waals surface area contributed by atoms with E-state index in [2.05, 4.69) is 25.0 Å². The van der Waals surface area contributed by atoms with Gasteiger partial charge in [0.1, 0.15) is 17.8 Å². The average Bonchev–Trinajstić information content (AvgIpc) is 3.50. The van der Waals surface area contributed by atoms with Crippen molar-refractivity contribution in [2.75, 3.05) is 26.2 Å². The summed E-state index contributed by atoms with van der Waals surface area (Å²) in [6.45, 7) is 2.58. The molecular formula is C24H22F3N7O. The van der Waals surface area contributed by atoms with Crippen molar-refractivity contribution >= 4 is 16.9 Å². The first kappa shape index (κ1) is 21.8. The van der Waals surface area contributed by atoms with Gasteiger partial charge in [-0.05, 0) is 25.0 Å². The fourth-order valence-electron chi connectivity index (χ4n) is 5.01. The van der Waals surface area contributed by atoms with Crippen molar-refractivity contribution < 1.29 is 18.0 Å². The zero-order chi connectivity index (χ0) is 24.1. The number of rotatable bonds is 4. The van der Waals surface area contributed by atoms with E-state index < -0.39 is 28.9 Å². The first-order chi connectivity index (χ1) is 17.0. The van der Waals surface area contributed by atoms with Gasteiger partial charge in [-0.15, -0.1) is 0 Å². The number of piperidine rings is 1. The normalized spacial score (nSPS) is 17.7. The summed E-state index contributed by atoms with van der Waals surface area (Å²) in [6, 6.07) is 3.57. The number of H-pyrrole nitrogens is 1. The molecule has 0 atom stereocenters. The standard InChI is InChI=1S/C24H22F3N7O/c25-19-8-21(27)20(26)7-18(19)24(35)32-5-2-15(3-6-32)33-11-16(12-33)34-10-14(9-31-34)22-17-1-4-28-23(17)30-13-29-22/h1,4,7-10,13,15-16H,2-3,5-6,11-12H2,(H,28,29,30). The molecule has 1 N–H and O–H groups in total. The monoisotopic (exact) mass is 481 g/mol. The zero-order valence-electron chi connectivity index (χ0n) is 18.7. The number of halogens is 3. The molecule has 2 fully saturated rings. The second-order valence-electron chi connectivity index (χ2n) is 9.05. The van der Waals surface area contributed by atoms with Crippen LogP contribution < -0.4 is 0 Å². The molecule has 1 aromatic carbocycles. The number of aromatic nitrogens is 5. The van der Waals surface area contributed by atoms with Gasteiger partial charge in [0, 0.05) is 61.6 Å². The molecule has 0 unspecified atom stereocenters. The molecule has 2 aliphatic rings. The third-order valence-corrected chi connectivity index (χ3v) is 7.00. The fraction of sp³-hybridized carbons (Fsp3) is 0.333. The van der Waals surface area contributed by atoms with Crippen LogP contribution in [0.1, 0.15) is 29.2 Å². The van der Waals surface area contributed by atoms with Crippen LogP contribution in [0.4, 0.5) is 13.2 Å². The molecule has 0 spiro atoms. The predicted octanol–water partition coefficient (Wildman–Crippen LogP) is 3.40. The number of nitrogens with one attached hydrogen (secondary N) is 1. The molecule has 5 heterocycles. The van der Waals surface area contributed by atoms with Crippen LogP contribution in [0, 0.1) is 17.5 Å². The molecule has 180 valence electrons. The van der Waals surface area contributed by atoms with Crippen LogP contribution >= 0.6 is 0 Å².